The molecule has 3 N–H and O–H groups in total. The highest BCUT2D eigenvalue weighted by atomic mass is 19.4. The van der Waals surface area contributed by atoms with E-state index in [9.17, 15) is 18.0 Å². The second-order valence-electron chi connectivity index (χ2n) is 12.1. The van der Waals surface area contributed by atoms with E-state index in [4.69, 9.17) is 0 Å². The number of ether oxygens (including phenoxy) is 1. The molecule has 0 saturated carbocycles. The first-order chi connectivity index (χ1) is 22.3. The SMILES string of the molecule is O=C(NCCCn1cc(-c2ccc(OC(F)(F)F)cc2)c2cc(CN3CCN(Cc4ccccc4)CC3)ccc21)C1CNCCN1. The van der Waals surface area contributed by atoms with Crippen LogP contribution in [0.15, 0.2) is 79.0 Å². The molecule has 3 aromatic carbocycles. The second kappa shape index (κ2) is 14.7. The largest absolute Gasteiger partial charge is 0.573 e. The molecule has 11 heteroatoms. The lowest BCUT2D eigenvalue weighted by Crippen LogP contribution is -2.55. The van der Waals surface area contributed by atoms with Crippen LogP contribution in [0.2, 0.25) is 0 Å². The fraction of sp³-hybridized carbons (Fsp3) is 0.400. The Hall–Kier alpha value is -3.90. The molecule has 0 spiro atoms. The summed E-state index contributed by atoms with van der Waals surface area (Å²) in [6.45, 7) is 9.25. The fourth-order valence-electron chi connectivity index (χ4n) is 6.32. The summed E-state index contributed by atoms with van der Waals surface area (Å²) >= 11 is 0. The van der Waals surface area contributed by atoms with Crippen molar-refractivity contribution in [3.8, 4) is 16.9 Å². The van der Waals surface area contributed by atoms with E-state index in [1.807, 2.05) is 6.07 Å². The van der Waals surface area contributed by atoms with Gasteiger partial charge in [-0.15, -0.1) is 13.2 Å². The third-order valence-corrected chi connectivity index (χ3v) is 8.70. The Morgan fingerprint density at radius 2 is 1.61 bits per heavy atom. The number of alkyl halides is 3. The first-order valence-corrected chi connectivity index (χ1v) is 16.0. The minimum atomic E-state index is -4.74. The van der Waals surface area contributed by atoms with E-state index in [0.29, 0.717) is 19.6 Å². The van der Waals surface area contributed by atoms with E-state index in [-0.39, 0.29) is 17.7 Å². The summed E-state index contributed by atoms with van der Waals surface area (Å²) in [6.07, 6.45) is -1.94. The van der Waals surface area contributed by atoms with Gasteiger partial charge in [-0.1, -0.05) is 48.5 Å². The van der Waals surface area contributed by atoms with Crippen molar-refractivity contribution >= 4 is 16.8 Å². The summed E-state index contributed by atoms with van der Waals surface area (Å²) in [5.41, 5.74) is 5.34. The Bertz CT molecular complexity index is 1580. The standard InChI is InChI=1S/C35H41F3N6O2/c36-35(37,38)46-29-10-8-28(9-11-29)31-25-44(16-4-13-41-34(45)32-22-39-14-15-40-32)33-12-7-27(21-30(31)33)24-43-19-17-42(18-20-43)23-26-5-2-1-3-6-26/h1-3,5-12,21,25,32,39-40H,4,13-20,22-24H2,(H,41,45). The van der Waals surface area contributed by atoms with Gasteiger partial charge in [-0.2, -0.15) is 0 Å². The van der Waals surface area contributed by atoms with Crippen molar-refractivity contribution in [2.45, 2.75) is 38.5 Å². The maximum absolute atomic E-state index is 12.8. The summed E-state index contributed by atoms with van der Waals surface area (Å²) in [4.78, 5) is 17.5. The Kier molecular flexibility index (Phi) is 10.2. The summed E-state index contributed by atoms with van der Waals surface area (Å²) < 4.78 is 44.6. The number of nitrogens with one attached hydrogen (secondary N) is 3. The van der Waals surface area contributed by atoms with E-state index in [2.05, 4.69) is 83.7 Å². The third-order valence-electron chi connectivity index (χ3n) is 8.70. The zero-order chi connectivity index (χ0) is 31.9. The molecule has 2 aliphatic rings. The molecule has 1 amide bonds. The number of nitrogens with zero attached hydrogens (tertiary/aromatic N) is 3. The minimum Gasteiger partial charge on any atom is -0.406 e. The van der Waals surface area contributed by atoms with Crippen LogP contribution in [0.1, 0.15) is 17.5 Å². The van der Waals surface area contributed by atoms with Crippen LogP contribution in [-0.4, -0.2) is 85.0 Å². The average molecular weight is 635 g/mol. The predicted molar refractivity (Wildman–Crippen MR) is 173 cm³/mol. The van der Waals surface area contributed by atoms with Crippen molar-refractivity contribution in [3.63, 3.8) is 0 Å². The van der Waals surface area contributed by atoms with Gasteiger partial charge < -0.3 is 25.3 Å². The molecule has 0 radical (unpaired) electrons. The number of rotatable bonds is 11. The molecule has 4 aromatic rings. The van der Waals surface area contributed by atoms with E-state index >= 15 is 0 Å². The van der Waals surface area contributed by atoms with Gasteiger partial charge in [0.25, 0.3) is 0 Å². The van der Waals surface area contributed by atoms with E-state index in [1.54, 1.807) is 12.1 Å². The maximum Gasteiger partial charge on any atom is 0.573 e. The monoisotopic (exact) mass is 634 g/mol. The van der Waals surface area contributed by atoms with Crippen LogP contribution in [0.4, 0.5) is 13.2 Å². The molecule has 8 nitrogen and oxygen atoms in total. The molecule has 3 heterocycles. The first kappa shape index (κ1) is 32.1. The van der Waals surface area contributed by atoms with Crippen molar-refractivity contribution in [2.24, 2.45) is 0 Å². The molecule has 244 valence electrons. The zero-order valence-corrected chi connectivity index (χ0v) is 25.9. The second-order valence-corrected chi connectivity index (χ2v) is 12.1. The number of benzene rings is 3. The highest BCUT2D eigenvalue weighted by molar-refractivity contribution is 5.96. The van der Waals surface area contributed by atoms with Gasteiger partial charge in [-0.25, -0.2) is 0 Å². The molecule has 2 aliphatic heterocycles. The quantitative estimate of drug-likeness (QED) is 0.210. The van der Waals surface area contributed by atoms with Gasteiger partial charge in [-0.05, 0) is 47.4 Å². The summed E-state index contributed by atoms with van der Waals surface area (Å²) in [6, 6.07) is 22.9. The van der Waals surface area contributed by atoms with Gasteiger partial charge in [0, 0.05) is 94.7 Å². The third kappa shape index (κ3) is 8.47. The number of halogens is 3. The van der Waals surface area contributed by atoms with Crippen LogP contribution in [0.25, 0.3) is 22.0 Å². The molecule has 1 atom stereocenters. The van der Waals surface area contributed by atoms with E-state index in [1.165, 1.54) is 23.3 Å². The molecule has 2 fully saturated rings. The van der Waals surface area contributed by atoms with Crippen molar-refractivity contribution in [1.82, 2.24) is 30.3 Å². The van der Waals surface area contributed by atoms with Gasteiger partial charge in [-0.3, -0.25) is 14.6 Å². The maximum atomic E-state index is 12.8. The normalized spacial score (nSPS) is 18.1. The van der Waals surface area contributed by atoms with Crippen LogP contribution < -0.4 is 20.7 Å². The summed E-state index contributed by atoms with van der Waals surface area (Å²) in [5, 5.41) is 10.5. The number of fused-ring (bicyclic) bond motifs is 1. The zero-order valence-electron chi connectivity index (χ0n) is 25.9. The molecule has 0 aliphatic carbocycles. The Morgan fingerprint density at radius 3 is 2.28 bits per heavy atom. The number of aryl methyl sites for hydroxylation is 1. The number of hydrogen-bond donors (Lipinski definition) is 3. The van der Waals surface area contributed by atoms with Crippen molar-refractivity contribution in [1.29, 1.82) is 0 Å². The molecule has 6 rings (SSSR count). The Balaban J connectivity index is 1.15. The van der Waals surface area contributed by atoms with E-state index in [0.717, 1.165) is 80.8 Å². The van der Waals surface area contributed by atoms with Crippen LogP contribution in [0.3, 0.4) is 0 Å². The van der Waals surface area contributed by atoms with Crippen molar-refractivity contribution in [2.75, 3.05) is 52.4 Å². The lowest BCUT2D eigenvalue weighted by Gasteiger charge is -2.34. The molecular weight excluding hydrogens is 593 g/mol. The summed E-state index contributed by atoms with van der Waals surface area (Å²) in [5.74, 6) is -0.248. The fourth-order valence-corrected chi connectivity index (χ4v) is 6.32. The van der Waals surface area contributed by atoms with Crippen LogP contribution in [0, 0.1) is 0 Å². The molecule has 0 bridgehead atoms. The van der Waals surface area contributed by atoms with Crippen LogP contribution in [-0.2, 0) is 24.4 Å². The minimum absolute atomic E-state index is 0.00282. The topological polar surface area (TPSA) is 73.8 Å². The molecule has 2 saturated heterocycles. The van der Waals surface area contributed by atoms with Gasteiger partial charge in [0.15, 0.2) is 0 Å². The lowest BCUT2D eigenvalue weighted by molar-refractivity contribution is -0.274. The number of aromatic nitrogens is 1. The smallest absolute Gasteiger partial charge is 0.406 e. The van der Waals surface area contributed by atoms with Gasteiger partial charge in [0.2, 0.25) is 5.91 Å². The van der Waals surface area contributed by atoms with Crippen molar-refractivity contribution in [3.05, 3.63) is 90.1 Å². The van der Waals surface area contributed by atoms with Crippen LogP contribution >= 0.6 is 0 Å². The van der Waals surface area contributed by atoms with Crippen molar-refractivity contribution < 1.29 is 22.7 Å². The average Bonchev–Trinajstić information content (AvgIpc) is 3.42. The number of carbonyl (C=O) groups is 1. The number of hydrogen-bond acceptors (Lipinski definition) is 6. The highest BCUT2D eigenvalue weighted by Crippen LogP contribution is 2.34. The number of carbonyl (C=O) groups excluding carboxylic acids is 1. The van der Waals surface area contributed by atoms with E-state index < -0.39 is 6.36 Å². The van der Waals surface area contributed by atoms with Gasteiger partial charge in [0.05, 0.1) is 6.04 Å². The van der Waals surface area contributed by atoms with Crippen LogP contribution in [0.5, 0.6) is 5.75 Å². The number of piperazine rings is 2. The molecule has 46 heavy (non-hydrogen) atoms. The lowest BCUT2D eigenvalue weighted by atomic mass is 10.0. The van der Waals surface area contributed by atoms with Gasteiger partial charge >= 0.3 is 6.36 Å². The highest BCUT2D eigenvalue weighted by Gasteiger charge is 2.31. The summed E-state index contributed by atoms with van der Waals surface area (Å²) in [7, 11) is 0. The number of amides is 1. The Morgan fingerprint density at radius 1 is 0.891 bits per heavy atom. The predicted octanol–water partition coefficient (Wildman–Crippen LogP) is 4.59. The van der Waals surface area contributed by atoms with Gasteiger partial charge in [0.1, 0.15) is 5.75 Å². The first-order valence-electron chi connectivity index (χ1n) is 16.0. The molecular formula is C35H41F3N6O2. The molecule has 1 unspecified atom stereocenters. The molecule has 1 aromatic heterocycles. The Labute approximate surface area is 267 Å².